The number of nitrogens with two attached hydrogens (primary N) is 1. The Bertz CT molecular complexity index is 168. The minimum atomic E-state index is -0.583. The van der Waals surface area contributed by atoms with Crippen LogP contribution < -0.4 is 5.73 Å². The van der Waals surface area contributed by atoms with Gasteiger partial charge in [-0.15, -0.1) is 0 Å². The fraction of sp³-hybridized carbons (Fsp3) is 0.250. The van der Waals surface area contributed by atoms with Crippen molar-refractivity contribution in [3.05, 3.63) is 10.7 Å². The van der Waals surface area contributed by atoms with E-state index in [-0.39, 0.29) is 0 Å². The minimum Gasteiger partial charge on any atom is -0.368 e. The zero-order valence-corrected chi connectivity index (χ0v) is 6.09. The molecule has 1 heterocycles. The largest absolute Gasteiger partial charge is 0.368 e. The molecule has 0 atom stereocenters. The van der Waals surface area contributed by atoms with Gasteiger partial charge < -0.3 is 10.6 Å². The summed E-state index contributed by atoms with van der Waals surface area (Å²) in [4.78, 5) is 15.1. The summed E-state index contributed by atoms with van der Waals surface area (Å²) in [7, 11) is 0. The molecule has 1 aliphatic rings. The highest BCUT2D eigenvalue weighted by atomic mass is 79.9. The smallest absolute Gasteiger partial charge is 0.348 e. The molecule has 0 saturated heterocycles. The maximum atomic E-state index is 10.3. The van der Waals surface area contributed by atoms with Crippen LogP contribution in [0.1, 0.15) is 0 Å². The molecule has 2 amide bonds. The molecule has 5 heteroatoms. The topological polar surface area (TPSA) is 55.6 Å². The lowest BCUT2D eigenvalue weighted by Gasteiger charge is -2.10. The molecular weight excluding hydrogens is 188 g/mol. The molecule has 0 aromatic carbocycles. The highest BCUT2D eigenvalue weighted by Gasteiger charge is 2.16. The Balaban J connectivity index is 2.47. The van der Waals surface area contributed by atoms with E-state index in [2.05, 4.69) is 15.9 Å². The van der Waals surface area contributed by atoms with Crippen LogP contribution in [0.15, 0.2) is 10.7 Å². The van der Waals surface area contributed by atoms with Gasteiger partial charge in [-0.2, -0.15) is 5.06 Å². The molecule has 0 saturated carbocycles. The number of amides is 2. The Morgan fingerprint density at radius 1 is 2.00 bits per heavy atom. The van der Waals surface area contributed by atoms with Crippen LogP contribution >= 0.6 is 15.9 Å². The van der Waals surface area contributed by atoms with Crippen LogP contribution in [-0.2, 0) is 4.84 Å². The second kappa shape index (κ2) is 2.26. The summed E-state index contributed by atoms with van der Waals surface area (Å²) in [6.07, 6.45) is 1.70. The number of carbonyl (C=O) groups is 1. The van der Waals surface area contributed by atoms with Crippen molar-refractivity contribution >= 4 is 22.0 Å². The highest BCUT2D eigenvalue weighted by Crippen LogP contribution is 2.15. The Kier molecular flexibility index (Phi) is 1.61. The van der Waals surface area contributed by atoms with E-state index in [0.717, 1.165) is 5.06 Å². The number of hydrogen-bond acceptors (Lipinski definition) is 2. The van der Waals surface area contributed by atoms with Crippen molar-refractivity contribution in [1.82, 2.24) is 5.06 Å². The lowest BCUT2D eigenvalue weighted by molar-refractivity contribution is -0.0300. The predicted molar refractivity (Wildman–Crippen MR) is 34.4 cm³/mol. The maximum absolute atomic E-state index is 10.3. The van der Waals surface area contributed by atoms with Crippen LogP contribution in [0.3, 0.4) is 0 Å². The molecule has 0 radical (unpaired) electrons. The van der Waals surface area contributed by atoms with E-state index in [9.17, 15) is 4.79 Å². The fourth-order valence-electron chi connectivity index (χ4n) is 0.469. The first kappa shape index (κ1) is 6.41. The van der Waals surface area contributed by atoms with E-state index < -0.39 is 6.03 Å². The molecule has 1 aliphatic heterocycles. The molecule has 50 valence electrons. The molecule has 9 heavy (non-hydrogen) atoms. The fourth-order valence-corrected chi connectivity index (χ4v) is 0.789. The standard InChI is InChI=1S/C4H5BrN2O2/c5-3-1-2-7(9-3)4(6)8/h1H,2H2,(H2,6,8). The number of hydrogen-bond donors (Lipinski definition) is 1. The summed E-state index contributed by atoms with van der Waals surface area (Å²) in [5, 5.41) is 1.05. The molecule has 4 nitrogen and oxygen atoms in total. The maximum Gasteiger partial charge on any atom is 0.348 e. The van der Waals surface area contributed by atoms with E-state index >= 15 is 0 Å². The molecule has 1 rings (SSSR count). The Hall–Kier alpha value is -0.710. The number of carbonyl (C=O) groups excluding carboxylic acids is 1. The predicted octanol–water partition coefficient (Wildman–Crippen LogP) is 0.549. The van der Waals surface area contributed by atoms with Crippen molar-refractivity contribution in [1.29, 1.82) is 0 Å². The van der Waals surface area contributed by atoms with Crippen molar-refractivity contribution < 1.29 is 9.63 Å². The van der Waals surface area contributed by atoms with Gasteiger partial charge in [0.25, 0.3) is 0 Å². The van der Waals surface area contributed by atoms with Gasteiger partial charge in [-0.25, -0.2) is 4.79 Å². The third-order valence-corrected chi connectivity index (χ3v) is 1.33. The monoisotopic (exact) mass is 192 g/mol. The minimum absolute atomic E-state index is 0.413. The first-order valence-electron chi connectivity index (χ1n) is 2.31. The van der Waals surface area contributed by atoms with E-state index in [0.29, 0.717) is 11.2 Å². The normalized spacial score (nSPS) is 17.0. The summed E-state index contributed by atoms with van der Waals surface area (Å²) < 4.78 is 0.529. The molecule has 0 bridgehead atoms. The van der Waals surface area contributed by atoms with Gasteiger partial charge in [0.15, 0.2) is 4.67 Å². The van der Waals surface area contributed by atoms with E-state index in [1.54, 1.807) is 6.08 Å². The lowest BCUT2D eigenvalue weighted by atomic mass is 10.6. The van der Waals surface area contributed by atoms with Gasteiger partial charge in [0.05, 0.1) is 6.54 Å². The van der Waals surface area contributed by atoms with Crippen LogP contribution in [0.4, 0.5) is 4.79 Å². The molecule has 2 N–H and O–H groups in total. The summed E-state index contributed by atoms with van der Waals surface area (Å²) in [6, 6.07) is -0.583. The van der Waals surface area contributed by atoms with Gasteiger partial charge in [-0.1, -0.05) is 0 Å². The average Bonchev–Trinajstić information content (AvgIpc) is 2.14. The van der Waals surface area contributed by atoms with Crippen molar-refractivity contribution in [2.24, 2.45) is 5.73 Å². The van der Waals surface area contributed by atoms with Gasteiger partial charge >= 0.3 is 6.03 Å². The average molecular weight is 193 g/mol. The number of nitrogens with zero attached hydrogens (tertiary/aromatic N) is 1. The lowest BCUT2D eigenvalue weighted by Crippen LogP contribution is -2.32. The van der Waals surface area contributed by atoms with Crippen LogP contribution in [0.5, 0.6) is 0 Å². The number of rotatable bonds is 0. The second-order valence-electron chi connectivity index (χ2n) is 1.50. The quantitative estimate of drug-likeness (QED) is 0.610. The van der Waals surface area contributed by atoms with Crippen LogP contribution in [0.2, 0.25) is 0 Å². The van der Waals surface area contributed by atoms with Gasteiger partial charge in [0, 0.05) is 0 Å². The van der Waals surface area contributed by atoms with Crippen molar-refractivity contribution in [3.8, 4) is 0 Å². The molecule has 0 fully saturated rings. The Morgan fingerprint density at radius 3 is 2.89 bits per heavy atom. The third kappa shape index (κ3) is 1.35. The second-order valence-corrected chi connectivity index (χ2v) is 2.28. The summed E-state index contributed by atoms with van der Waals surface area (Å²) >= 11 is 3.04. The van der Waals surface area contributed by atoms with E-state index in [4.69, 9.17) is 10.6 Å². The van der Waals surface area contributed by atoms with E-state index in [1.807, 2.05) is 0 Å². The summed E-state index contributed by atoms with van der Waals surface area (Å²) in [6.45, 7) is 0.413. The van der Waals surface area contributed by atoms with Gasteiger partial charge in [-0.05, 0) is 22.0 Å². The molecule has 0 spiro atoms. The molecule has 0 aromatic heterocycles. The zero-order chi connectivity index (χ0) is 6.85. The van der Waals surface area contributed by atoms with Crippen molar-refractivity contribution in [3.63, 3.8) is 0 Å². The molecular formula is C4H5BrN2O2. The van der Waals surface area contributed by atoms with Crippen molar-refractivity contribution in [2.45, 2.75) is 0 Å². The van der Waals surface area contributed by atoms with Gasteiger partial charge in [0.2, 0.25) is 0 Å². The summed E-state index contributed by atoms with van der Waals surface area (Å²) in [5.74, 6) is 0. The van der Waals surface area contributed by atoms with Crippen LogP contribution in [-0.4, -0.2) is 17.6 Å². The SMILES string of the molecule is NC(=O)N1CC=C(Br)O1. The third-order valence-electron chi connectivity index (χ3n) is 0.861. The first-order valence-corrected chi connectivity index (χ1v) is 3.10. The molecule has 0 aromatic rings. The van der Waals surface area contributed by atoms with Gasteiger partial charge in [-0.3, -0.25) is 0 Å². The number of urea groups is 1. The summed E-state index contributed by atoms with van der Waals surface area (Å²) in [5.41, 5.74) is 4.87. The van der Waals surface area contributed by atoms with Crippen molar-refractivity contribution in [2.75, 3.05) is 6.54 Å². The van der Waals surface area contributed by atoms with Crippen LogP contribution in [0.25, 0.3) is 0 Å². The molecule has 0 unspecified atom stereocenters. The number of hydroxylamine groups is 2. The number of halogens is 1. The van der Waals surface area contributed by atoms with E-state index in [1.165, 1.54) is 0 Å². The molecule has 0 aliphatic carbocycles. The highest BCUT2D eigenvalue weighted by molar-refractivity contribution is 9.11. The Morgan fingerprint density at radius 2 is 2.67 bits per heavy atom. The Labute approximate surface area is 60.3 Å². The van der Waals surface area contributed by atoms with Crippen LogP contribution in [0, 0.1) is 0 Å². The number of primary amides is 1. The first-order chi connectivity index (χ1) is 4.20. The zero-order valence-electron chi connectivity index (χ0n) is 4.50. The van der Waals surface area contributed by atoms with Gasteiger partial charge in [0.1, 0.15) is 0 Å².